The van der Waals surface area contributed by atoms with Crippen LogP contribution in [0.25, 0.3) is 0 Å². The van der Waals surface area contributed by atoms with Gasteiger partial charge in [0.15, 0.2) is 17.5 Å². The van der Waals surface area contributed by atoms with E-state index in [1.807, 2.05) is 0 Å². The lowest BCUT2D eigenvalue weighted by Crippen LogP contribution is -2.29. The van der Waals surface area contributed by atoms with E-state index in [-0.39, 0.29) is 0 Å². The Morgan fingerprint density at radius 2 is 1.82 bits per heavy atom. The Hall–Kier alpha value is -1.29. The lowest BCUT2D eigenvalue weighted by atomic mass is 10.0. The predicted octanol–water partition coefficient (Wildman–Crippen LogP) is 3.30. The molecule has 4 heteroatoms. The number of halogens is 3. The number of rotatable bonds is 3. The van der Waals surface area contributed by atoms with Gasteiger partial charge < -0.3 is 5.32 Å². The van der Waals surface area contributed by atoms with Gasteiger partial charge in [0.05, 0.1) is 0 Å². The molecular weight excluding hydrogens is 227 g/mol. The van der Waals surface area contributed by atoms with E-state index < -0.39 is 17.5 Å². The zero-order chi connectivity index (χ0) is 12.3. The molecule has 1 aromatic rings. The van der Waals surface area contributed by atoms with Crippen LogP contribution in [0.15, 0.2) is 24.3 Å². The van der Waals surface area contributed by atoms with Crippen LogP contribution >= 0.6 is 0 Å². The van der Waals surface area contributed by atoms with Crippen molar-refractivity contribution in [3.8, 4) is 0 Å². The first-order chi connectivity index (χ1) is 8.16. The summed E-state index contributed by atoms with van der Waals surface area (Å²) in [6, 6.07) is 2.39. The van der Waals surface area contributed by atoms with E-state index in [9.17, 15) is 13.2 Å². The fourth-order valence-corrected chi connectivity index (χ4v) is 1.95. The molecule has 0 saturated carbocycles. The molecule has 0 aromatic heterocycles. The van der Waals surface area contributed by atoms with Crippen molar-refractivity contribution in [2.45, 2.75) is 31.8 Å². The summed E-state index contributed by atoms with van der Waals surface area (Å²) in [5.74, 6) is -3.68. The van der Waals surface area contributed by atoms with Crippen molar-refractivity contribution < 1.29 is 13.2 Å². The first-order valence-electron chi connectivity index (χ1n) is 5.68. The largest absolute Gasteiger partial charge is 0.310 e. The molecule has 1 nitrogen and oxygen atoms in total. The number of allylic oxidation sites excluding steroid dienone is 1. The second kappa shape index (κ2) is 5.36. The van der Waals surface area contributed by atoms with Crippen molar-refractivity contribution in [1.29, 1.82) is 0 Å². The van der Waals surface area contributed by atoms with E-state index in [0.29, 0.717) is 18.2 Å². The van der Waals surface area contributed by atoms with Crippen molar-refractivity contribution in [1.82, 2.24) is 5.32 Å². The smallest absolute Gasteiger partial charge is 0.194 e. The van der Waals surface area contributed by atoms with E-state index in [2.05, 4.69) is 17.5 Å². The molecule has 0 spiro atoms. The second-order valence-electron chi connectivity index (χ2n) is 4.24. The molecule has 2 rings (SSSR count). The highest BCUT2D eigenvalue weighted by molar-refractivity contribution is 5.19. The van der Waals surface area contributed by atoms with Crippen LogP contribution < -0.4 is 5.32 Å². The van der Waals surface area contributed by atoms with Gasteiger partial charge in [0.25, 0.3) is 0 Å². The molecule has 1 atom stereocenters. The molecule has 0 heterocycles. The van der Waals surface area contributed by atoms with E-state index >= 15 is 0 Å². The summed E-state index contributed by atoms with van der Waals surface area (Å²) in [6.07, 6.45) is 7.17. The molecule has 1 aromatic carbocycles. The quantitative estimate of drug-likeness (QED) is 0.632. The van der Waals surface area contributed by atoms with E-state index in [4.69, 9.17) is 0 Å². The molecule has 1 aliphatic rings. The highest BCUT2D eigenvalue weighted by Gasteiger charge is 2.12. The third-order valence-corrected chi connectivity index (χ3v) is 2.91. The van der Waals surface area contributed by atoms with Gasteiger partial charge in [-0.2, -0.15) is 0 Å². The van der Waals surface area contributed by atoms with Crippen LogP contribution in [0.5, 0.6) is 0 Å². The Labute approximate surface area is 98.3 Å². The van der Waals surface area contributed by atoms with Crippen LogP contribution in [-0.2, 0) is 6.54 Å². The van der Waals surface area contributed by atoms with Gasteiger partial charge in [-0.25, -0.2) is 13.2 Å². The standard InChI is InChI=1S/C13H14F3N/c14-11-6-9(7-12(15)13(11)16)8-17-10-4-2-1-3-5-10/h1-2,6-7,10,17H,3-5,8H2. The Bertz CT molecular complexity index is 406. The van der Waals surface area contributed by atoms with Crippen LogP contribution in [0.2, 0.25) is 0 Å². The van der Waals surface area contributed by atoms with Gasteiger partial charge in [-0.1, -0.05) is 12.2 Å². The molecule has 1 unspecified atom stereocenters. The lowest BCUT2D eigenvalue weighted by Gasteiger charge is -2.19. The van der Waals surface area contributed by atoms with Gasteiger partial charge in [-0.15, -0.1) is 0 Å². The van der Waals surface area contributed by atoms with Gasteiger partial charge in [-0.3, -0.25) is 0 Å². The fraction of sp³-hybridized carbons (Fsp3) is 0.385. The predicted molar refractivity (Wildman–Crippen MR) is 59.9 cm³/mol. The molecule has 0 radical (unpaired) electrons. The normalized spacial score (nSPS) is 19.6. The Morgan fingerprint density at radius 1 is 1.12 bits per heavy atom. The van der Waals surface area contributed by atoms with Crippen molar-refractivity contribution in [2.24, 2.45) is 0 Å². The van der Waals surface area contributed by atoms with Gasteiger partial charge in [0.1, 0.15) is 0 Å². The minimum atomic E-state index is -1.41. The Balaban J connectivity index is 1.97. The fourth-order valence-electron chi connectivity index (χ4n) is 1.95. The van der Waals surface area contributed by atoms with Crippen LogP contribution in [0.1, 0.15) is 24.8 Å². The molecule has 1 N–H and O–H groups in total. The number of hydrogen-bond acceptors (Lipinski definition) is 1. The number of hydrogen-bond donors (Lipinski definition) is 1. The van der Waals surface area contributed by atoms with Gasteiger partial charge in [-0.05, 0) is 37.0 Å². The number of nitrogens with one attached hydrogen (secondary N) is 1. The summed E-state index contributed by atoms with van der Waals surface area (Å²) in [5, 5.41) is 3.20. The monoisotopic (exact) mass is 241 g/mol. The van der Waals surface area contributed by atoms with Crippen molar-refractivity contribution in [3.05, 3.63) is 47.3 Å². The van der Waals surface area contributed by atoms with E-state index in [1.54, 1.807) is 0 Å². The summed E-state index contributed by atoms with van der Waals surface area (Å²) < 4.78 is 38.6. The molecule has 1 aliphatic carbocycles. The molecular formula is C13H14F3N. The maximum Gasteiger partial charge on any atom is 0.194 e. The minimum absolute atomic E-state index is 0.330. The van der Waals surface area contributed by atoms with Gasteiger partial charge in [0.2, 0.25) is 0 Å². The zero-order valence-electron chi connectivity index (χ0n) is 9.35. The van der Waals surface area contributed by atoms with Crippen molar-refractivity contribution >= 4 is 0 Å². The second-order valence-corrected chi connectivity index (χ2v) is 4.24. The third kappa shape index (κ3) is 3.09. The van der Waals surface area contributed by atoms with E-state index in [0.717, 1.165) is 31.4 Å². The average Bonchev–Trinajstić information content (AvgIpc) is 2.34. The summed E-state index contributed by atoms with van der Waals surface area (Å²) in [6.45, 7) is 0.354. The summed E-state index contributed by atoms with van der Waals surface area (Å²) in [7, 11) is 0. The minimum Gasteiger partial charge on any atom is -0.310 e. The first kappa shape index (κ1) is 12.2. The zero-order valence-corrected chi connectivity index (χ0v) is 9.35. The van der Waals surface area contributed by atoms with Crippen LogP contribution in [0.4, 0.5) is 13.2 Å². The molecule has 0 amide bonds. The van der Waals surface area contributed by atoms with Crippen molar-refractivity contribution in [3.63, 3.8) is 0 Å². The first-order valence-corrected chi connectivity index (χ1v) is 5.68. The summed E-state index contributed by atoms with van der Waals surface area (Å²) in [5.41, 5.74) is 0.427. The Morgan fingerprint density at radius 3 is 2.41 bits per heavy atom. The van der Waals surface area contributed by atoms with E-state index in [1.165, 1.54) is 0 Å². The molecule has 0 aliphatic heterocycles. The highest BCUT2D eigenvalue weighted by Crippen LogP contribution is 2.15. The van der Waals surface area contributed by atoms with Crippen LogP contribution in [0.3, 0.4) is 0 Å². The Kier molecular flexibility index (Phi) is 3.84. The third-order valence-electron chi connectivity index (χ3n) is 2.91. The topological polar surface area (TPSA) is 12.0 Å². The lowest BCUT2D eigenvalue weighted by molar-refractivity contribution is 0.439. The van der Waals surface area contributed by atoms with Gasteiger partial charge in [0, 0.05) is 12.6 Å². The SMILES string of the molecule is Fc1cc(CNC2CC=CCC2)cc(F)c1F. The molecule has 92 valence electrons. The molecule has 17 heavy (non-hydrogen) atoms. The maximum atomic E-state index is 13.0. The average molecular weight is 241 g/mol. The van der Waals surface area contributed by atoms with Crippen molar-refractivity contribution in [2.75, 3.05) is 0 Å². The highest BCUT2D eigenvalue weighted by atomic mass is 19.2. The molecule has 0 bridgehead atoms. The molecule has 0 saturated heterocycles. The molecule has 0 fully saturated rings. The maximum absolute atomic E-state index is 13.0. The van der Waals surface area contributed by atoms with Gasteiger partial charge >= 0.3 is 0 Å². The van der Waals surface area contributed by atoms with Crippen LogP contribution in [0, 0.1) is 17.5 Å². The number of benzene rings is 1. The summed E-state index contributed by atoms with van der Waals surface area (Å²) >= 11 is 0. The van der Waals surface area contributed by atoms with Crippen LogP contribution in [-0.4, -0.2) is 6.04 Å². The summed E-state index contributed by atoms with van der Waals surface area (Å²) in [4.78, 5) is 0.